The van der Waals surface area contributed by atoms with Crippen LogP contribution in [0.4, 0.5) is 5.69 Å². The number of phenols is 1. The van der Waals surface area contributed by atoms with Gasteiger partial charge in [-0.25, -0.2) is 0 Å². The summed E-state index contributed by atoms with van der Waals surface area (Å²) in [7, 11) is 0. The van der Waals surface area contributed by atoms with Crippen molar-refractivity contribution < 1.29 is 9.90 Å². The Hall–Kier alpha value is -2.11. The van der Waals surface area contributed by atoms with Gasteiger partial charge in [-0.3, -0.25) is 10.1 Å². The van der Waals surface area contributed by atoms with Crippen LogP contribution in [0.15, 0.2) is 36.4 Å². The predicted octanol–water partition coefficient (Wildman–Crippen LogP) is 4.78. The van der Waals surface area contributed by atoms with Gasteiger partial charge in [0, 0.05) is 5.56 Å². The van der Waals surface area contributed by atoms with E-state index < -0.39 is 0 Å². The average molecular weight is 377 g/mol. The lowest BCUT2D eigenvalue weighted by atomic mass is 9.87. The number of phenolic OH excluding ortho intramolecular Hbond substituents is 1. The first-order chi connectivity index (χ1) is 11.6. The predicted molar refractivity (Wildman–Crippen MR) is 107 cm³/mol. The molecule has 2 rings (SSSR count). The molecule has 4 nitrogen and oxygen atoms in total. The van der Waals surface area contributed by atoms with Crippen LogP contribution in [0.3, 0.4) is 0 Å². The molecule has 0 aliphatic rings. The number of amides is 1. The maximum absolute atomic E-state index is 12.2. The third-order valence-corrected chi connectivity index (χ3v) is 4.18. The van der Waals surface area contributed by atoms with Gasteiger partial charge in [0.15, 0.2) is 10.9 Å². The molecule has 0 radical (unpaired) electrons. The van der Waals surface area contributed by atoms with Crippen LogP contribution in [-0.4, -0.2) is 16.1 Å². The third-order valence-electron chi connectivity index (χ3n) is 3.68. The van der Waals surface area contributed by atoms with Crippen molar-refractivity contribution in [1.29, 1.82) is 0 Å². The molecule has 0 saturated heterocycles. The number of rotatable bonds is 2. The molecule has 25 heavy (non-hydrogen) atoms. The molecule has 0 bridgehead atoms. The highest BCUT2D eigenvalue weighted by atomic mass is 35.5. The van der Waals surface area contributed by atoms with Crippen LogP contribution in [0, 0.1) is 6.92 Å². The molecule has 0 aliphatic heterocycles. The summed E-state index contributed by atoms with van der Waals surface area (Å²) in [6.07, 6.45) is 0. The zero-order valence-corrected chi connectivity index (χ0v) is 16.2. The fourth-order valence-corrected chi connectivity index (χ4v) is 2.66. The lowest BCUT2D eigenvalue weighted by Gasteiger charge is -2.21. The van der Waals surface area contributed by atoms with Gasteiger partial charge in [0.2, 0.25) is 0 Å². The van der Waals surface area contributed by atoms with E-state index >= 15 is 0 Å². The Bertz CT molecular complexity index is 829. The summed E-state index contributed by atoms with van der Waals surface area (Å²) in [4.78, 5) is 12.2. The lowest BCUT2D eigenvalue weighted by Crippen LogP contribution is -2.34. The second kappa shape index (κ2) is 7.42. The summed E-state index contributed by atoms with van der Waals surface area (Å²) in [5, 5.41) is 15.9. The van der Waals surface area contributed by atoms with Crippen molar-refractivity contribution in [1.82, 2.24) is 5.32 Å². The molecule has 0 saturated carbocycles. The Morgan fingerprint density at radius 3 is 2.48 bits per heavy atom. The van der Waals surface area contributed by atoms with E-state index in [4.69, 9.17) is 23.8 Å². The molecule has 6 heteroatoms. The van der Waals surface area contributed by atoms with Crippen molar-refractivity contribution in [3.63, 3.8) is 0 Å². The van der Waals surface area contributed by atoms with Gasteiger partial charge in [-0.15, -0.1) is 0 Å². The van der Waals surface area contributed by atoms with E-state index in [0.29, 0.717) is 11.3 Å². The van der Waals surface area contributed by atoms with Crippen molar-refractivity contribution in [3.05, 3.63) is 58.1 Å². The summed E-state index contributed by atoms with van der Waals surface area (Å²) in [6, 6.07) is 10.7. The second-order valence-electron chi connectivity index (χ2n) is 6.88. The summed E-state index contributed by atoms with van der Waals surface area (Å²) < 4.78 is 0. The van der Waals surface area contributed by atoms with E-state index in [9.17, 15) is 9.90 Å². The SMILES string of the molecule is Cc1cccc(C(=O)NC(=S)Nc2cc(C(C)(C)C)cc(Cl)c2O)c1. The second-order valence-corrected chi connectivity index (χ2v) is 7.70. The van der Waals surface area contributed by atoms with Gasteiger partial charge in [0.25, 0.3) is 5.91 Å². The molecule has 1 amide bonds. The number of halogens is 1. The van der Waals surface area contributed by atoms with E-state index in [1.54, 1.807) is 30.3 Å². The minimum absolute atomic E-state index is 0.0870. The summed E-state index contributed by atoms with van der Waals surface area (Å²) in [6.45, 7) is 8.03. The number of hydrogen-bond acceptors (Lipinski definition) is 3. The van der Waals surface area contributed by atoms with Crippen LogP contribution in [0.1, 0.15) is 42.3 Å². The molecule has 3 N–H and O–H groups in total. The quantitative estimate of drug-likeness (QED) is 0.521. The Kier molecular flexibility index (Phi) is 5.70. The van der Waals surface area contributed by atoms with Crippen molar-refractivity contribution in [2.24, 2.45) is 0 Å². The van der Waals surface area contributed by atoms with E-state index in [1.165, 1.54) is 0 Å². The summed E-state index contributed by atoms with van der Waals surface area (Å²) in [5.41, 5.74) is 2.63. The molecule has 0 unspecified atom stereocenters. The van der Waals surface area contributed by atoms with Crippen molar-refractivity contribution >= 4 is 40.5 Å². The van der Waals surface area contributed by atoms with Crippen LogP contribution < -0.4 is 10.6 Å². The van der Waals surface area contributed by atoms with Gasteiger partial charge >= 0.3 is 0 Å². The van der Waals surface area contributed by atoms with Crippen molar-refractivity contribution in [2.75, 3.05) is 5.32 Å². The van der Waals surface area contributed by atoms with E-state index in [0.717, 1.165) is 11.1 Å². The number of carbonyl (C=O) groups is 1. The lowest BCUT2D eigenvalue weighted by molar-refractivity contribution is 0.0977. The van der Waals surface area contributed by atoms with Crippen LogP contribution in [0.5, 0.6) is 5.75 Å². The fraction of sp³-hybridized carbons (Fsp3) is 0.263. The molecule has 2 aromatic rings. The number of aryl methyl sites for hydroxylation is 1. The molecule has 0 fully saturated rings. The third kappa shape index (κ3) is 4.94. The monoisotopic (exact) mass is 376 g/mol. The fourth-order valence-electron chi connectivity index (χ4n) is 2.24. The number of nitrogens with one attached hydrogen (secondary N) is 2. The molecule has 2 aromatic carbocycles. The largest absolute Gasteiger partial charge is 0.504 e. The number of hydrogen-bond donors (Lipinski definition) is 3. The van der Waals surface area contributed by atoms with Crippen LogP contribution in [0.2, 0.25) is 5.02 Å². The van der Waals surface area contributed by atoms with Crippen LogP contribution in [0.25, 0.3) is 0 Å². The Morgan fingerprint density at radius 1 is 1.20 bits per heavy atom. The normalized spacial score (nSPS) is 11.1. The van der Waals surface area contributed by atoms with E-state index in [2.05, 4.69) is 10.6 Å². The number of anilines is 1. The highest BCUT2D eigenvalue weighted by molar-refractivity contribution is 7.80. The maximum atomic E-state index is 12.2. The average Bonchev–Trinajstić information content (AvgIpc) is 2.50. The molecule has 0 aromatic heterocycles. The van der Waals surface area contributed by atoms with Crippen molar-refractivity contribution in [3.8, 4) is 5.75 Å². The molecule has 0 heterocycles. The van der Waals surface area contributed by atoms with Crippen LogP contribution in [-0.2, 0) is 5.41 Å². The van der Waals surface area contributed by atoms with Gasteiger partial charge in [-0.2, -0.15) is 0 Å². The Morgan fingerprint density at radius 2 is 1.88 bits per heavy atom. The first-order valence-corrected chi connectivity index (χ1v) is 8.58. The summed E-state index contributed by atoms with van der Waals surface area (Å²) >= 11 is 11.3. The molecule has 0 aliphatic carbocycles. The number of aromatic hydroxyl groups is 1. The van der Waals surface area contributed by atoms with Gasteiger partial charge in [0.1, 0.15) is 0 Å². The number of carbonyl (C=O) groups excluding carboxylic acids is 1. The zero-order chi connectivity index (χ0) is 18.8. The first kappa shape index (κ1) is 19.2. The molecule has 0 atom stereocenters. The topological polar surface area (TPSA) is 61.4 Å². The standard InChI is InChI=1S/C19H21ClN2O2S/c1-11-6-5-7-12(8-11)17(24)22-18(25)21-15-10-13(19(2,3)4)9-14(20)16(15)23/h5-10,23H,1-4H3,(H2,21,22,24,25). The van der Waals surface area contributed by atoms with Crippen molar-refractivity contribution in [2.45, 2.75) is 33.1 Å². The highest BCUT2D eigenvalue weighted by Crippen LogP contribution is 2.37. The summed E-state index contributed by atoms with van der Waals surface area (Å²) in [5.74, 6) is -0.430. The minimum Gasteiger partial charge on any atom is -0.504 e. The van der Waals surface area contributed by atoms with E-state index in [-0.39, 0.29) is 27.2 Å². The highest BCUT2D eigenvalue weighted by Gasteiger charge is 2.19. The first-order valence-electron chi connectivity index (χ1n) is 7.80. The van der Waals surface area contributed by atoms with Crippen LogP contribution >= 0.6 is 23.8 Å². The van der Waals surface area contributed by atoms with E-state index in [1.807, 2.05) is 33.8 Å². The Labute approximate surface area is 158 Å². The molecular weight excluding hydrogens is 356 g/mol. The number of benzene rings is 2. The molecular formula is C19H21ClN2O2S. The zero-order valence-electron chi connectivity index (χ0n) is 14.6. The van der Waals surface area contributed by atoms with Gasteiger partial charge < -0.3 is 10.4 Å². The molecule has 132 valence electrons. The van der Waals surface area contributed by atoms with Gasteiger partial charge in [-0.1, -0.05) is 50.1 Å². The van der Waals surface area contributed by atoms with Gasteiger partial charge in [0.05, 0.1) is 10.7 Å². The molecule has 0 spiro atoms. The Balaban J connectivity index is 2.18. The minimum atomic E-state index is -0.321. The van der Waals surface area contributed by atoms with Gasteiger partial charge in [-0.05, 0) is 54.4 Å². The smallest absolute Gasteiger partial charge is 0.257 e. The maximum Gasteiger partial charge on any atom is 0.257 e. The number of thiocarbonyl (C=S) groups is 1.